The van der Waals surface area contributed by atoms with Crippen LogP contribution in [0.1, 0.15) is 5.56 Å². The number of halogens is 1. The van der Waals surface area contributed by atoms with Crippen molar-refractivity contribution in [2.24, 2.45) is 5.73 Å². The molecule has 0 atom stereocenters. The maximum Gasteiger partial charge on any atom is 0.242 e. The Morgan fingerprint density at radius 1 is 1.29 bits per heavy atom. The second kappa shape index (κ2) is 11.1. The molecular weight excluding hydrogens is 294 g/mol. The van der Waals surface area contributed by atoms with Crippen molar-refractivity contribution in [2.75, 3.05) is 33.4 Å². The number of rotatable bonds is 8. The fourth-order valence-electron chi connectivity index (χ4n) is 1.66. The molecule has 0 heterocycles. The van der Waals surface area contributed by atoms with Crippen LogP contribution in [0.15, 0.2) is 30.3 Å². The molecule has 1 aromatic rings. The van der Waals surface area contributed by atoms with Gasteiger partial charge in [0.1, 0.15) is 0 Å². The van der Waals surface area contributed by atoms with E-state index >= 15 is 0 Å². The second-order valence-electron chi connectivity index (χ2n) is 4.27. The van der Waals surface area contributed by atoms with Gasteiger partial charge in [-0.2, -0.15) is 0 Å². The normalized spacial score (nSPS) is 9.62. The lowest BCUT2D eigenvalue weighted by Crippen LogP contribution is -2.42. The zero-order valence-electron chi connectivity index (χ0n) is 12.1. The summed E-state index contributed by atoms with van der Waals surface area (Å²) >= 11 is 0. The largest absolute Gasteiger partial charge is 0.383 e. The SMILES string of the molecule is COCCN(Cc1ccccc1)C(=O)CNC(=O)CN.Cl. The van der Waals surface area contributed by atoms with Crippen LogP contribution in [-0.2, 0) is 20.9 Å². The molecular formula is C14H22ClN3O3. The van der Waals surface area contributed by atoms with Gasteiger partial charge in [-0.15, -0.1) is 12.4 Å². The van der Waals surface area contributed by atoms with E-state index in [0.717, 1.165) is 5.56 Å². The van der Waals surface area contributed by atoms with E-state index in [-0.39, 0.29) is 37.3 Å². The summed E-state index contributed by atoms with van der Waals surface area (Å²) in [7, 11) is 1.58. The summed E-state index contributed by atoms with van der Waals surface area (Å²) in [6.07, 6.45) is 0. The van der Waals surface area contributed by atoms with Gasteiger partial charge in [0.15, 0.2) is 0 Å². The Kier molecular flexibility index (Phi) is 10.2. The monoisotopic (exact) mass is 315 g/mol. The van der Waals surface area contributed by atoms with Crippen LogP contribution in [0.2, 0.25) is 0 Å². The second-order valence-corrected chi connectivity index (χ2v) is 4.27. The molecule has 0 spiro atoms. The molecule has 0 radical (unpaired) electrons. The summed E-state index contributed by atoms with van der Waals surface area (Å²) in [6, 6.07) is 9.67. The van der Waals surface area contributed by atoms with Gasteiger partial charge in [0.2, 0.25) is 11.8 Å². The van der Waals surface area contributed by atoms with E-state index < -0.39 is 0 Å². The number of hydrogen-bond donors (Lipinski definition) is 2. The van der Waals surface area contributed by atoms with Gasteiger partial charge in [-0.3, -0.25) is 9.59 Å². The fourth-order valence-corrected chi connectivity index (χ4v) is 1.66. The van der Waals surface area contributed by atoms with Crippen molar-refractivity contribution in [1.82, 2.24) is 10.2 Å². The summed E-state index contributed by atoms with van der Waals surface area (Å²) in [4.78, 5) is 24.8. The minimum Gasteiger partial charge on any atom is -0.383 e. The van der Waals surface area contributed by atoms with Gasteiger partial charge in [-0.05, 0) is 5.56 Å². The number of nitrogens with zero attached hydrogens (tertiary/aromatic N) is 1. The number of carbonyl (C=O) groups excluding carboxylic acids is 2. The number of carbonyl (C=O) groups is 2. The fraction of sp³-hybridized carbons (Fsp3) is 0.429. The predicted octanol–water partition coefficient (Wildman–Crippen LogP) is 0.158. The summed E-state index contributed by atoms with van der Waals surface area (Å²) in [5, 5.41) is 2.48. The summed E-state index contributed by atoms with van der Waals surface area (Å²) in [5.74, 6) is -0.502. The minimum absolute atomic E-state index is 0. The summed E-state index contributed by atoms with van der Waals surface area (Å²) < 4.78 is 5.01. The highest BCUT2D eigenvalue weighted by Gasteiger charge is 2.14. The molecule has 0 fully saturated rings. The van der Waals surface area contributed by atoms with Gasteiger partial charge in [0.25, 0.3) is 0 Å². The maximum absolute atomic E-state index is 12.1. The minimum atomic E-state index is -0.343. The molecule has 0 aliphatic rings. The molecule has 0 saturated carbocycles. The number of amides is 2. The van der Waals surface area contributed by atoms with E-state index in [0.29, 0.717) is 19.7 Å². The summed E-state index contributed by atoms with van der Waals surface area (Å²) in [5.41, 5.74) is 6.21. The first-order valence-corrected chi connectivity index (χ1v) is 6.44. The Hall–Kier alpha value is -1.63. The molecule has 0 bridgehead atoms. The Morgan fingerprint density at radius 2 is 1.95 bits per heavy atom. The van der Waals surface area contributed by atoms with E-state index in [9.17, 15) is 9.59 Å². The molecule has 0 unspecified atom stereocenters. The molecule has 1 rings (SSSR count). The topological polar surface area (TPSA) is 84.7 Å². The van der Waals surface area contributed by atoms with Gasteiger partial charge < -0.3 is 20.7 Å². The maximum atomic E-state index is 12.1. The van der Waals surface area contributed by atoms with Crippen LogP contribution in [0.4, 0.5) is 0 Å². The van der Waals surface area contributed by atoms with Crippen LogP contribution < -0.4 is 11.1 Å². The van der Waals surface area contributed by atoms with Gasteiger partial charge in [-0.1, -0.05) is 30.3 Å². The Bertz CT molecular complexity index is 429. The Labute approximate surface area is 131 Å². The highest BCUT2D eigenvalue weighted by molar-refractivity contribution is 5.85. The van der Waals surface area contributed by atoms with Crippen molar-refractivity contribution in [1.29, 1.82) is 0 Å². The van der Waals surface area contributed by atoms with Gasteiger partial charge in [0, 0.05) is 20.2 Å². The van der Waals surface area contributed by atoms with E-state index in [1.807, 2.05) is 30.3 Å². The van der Waals surface area contributed by atoms with E-state index in [1.165, 1.54) is 0 Å². The zero-order chi connectivity index (χ0) is 14.8. The lowest BCUT2D eigenvalue weighted by atomic mass is 10.2. The van der Waals surface area contributed by atoms with Crippen molar-refractivity contribution in [3.05, 3.63) is 35.9 Å². The predicted molar refractivity (Wildman–Crippen MR) is 83.0 cm³/mol. The molecule has 118 valence electrons. The number of nitrogens with one attached hydrogen (secondary N) is 1. The third-order valence-corrected chi connectivity index (χ3v) is 2.76. The smallest absolute Gasteiger partial charge is 0.242 e. The third kappa shape index (κ3) is 7.65. The van der Waals surface area contributed by atoms with Crippen molar-refractivity contribution in [2.45, 2.75) is 6.54 Å². The molecule has 6 nitrogen and oxygen atoms in total. The Morgan fingerprint density at radius 3 is 2.52 bits per heavy atom. The third-order valence-electron chi connectivity index (χ3n) is 2.76. The number of benzene rings is 1. The summed E-state index contributed by atoms with van der Waals surface area (Å²) in [6.45, 7) is 1.24. The lowest BCUT2D eigenvalue weighted by molar-refractivity contribution is -0.133. The van der Waals surface area contributed by atoms with Gasteiger partial charge in [-0.25, -0.2) is 0 Å². The first-order chi connectivity index (χ1) is 9.67. The van der Waals surface area contributed by atoms with Gasteiger partial charge in [0.05, 0.1) is 19.7 Å². The van der Waals surface area contributed by atoms with Crippen LogP contribution >= 0.6 is 12.4 Å². The van der Waals surface area contributed by atoms with Crippen LogP contribution in [0, 0.1) is 0 Å². The first-order valence-electron chi connectivity index (χ1n) is 6.44. The number of nitrogens with two attached hydrogens (primary N) is 1. The quantitative estimate of drug-likeness (QED) is 0.715. The average Bonchev–Trinajstić information content (AvgIpc) is 2.49. The molecule has 21 heavy (non-hydrogen) atoms. The number of ether oxygens (including phenoxy) is 1. The highest BCUT2D eigenvalue weighted by atomic mass is 35.5. The standard InChI is InChI=1S/C14H21N3O3.ClH/c1-20-8-7-17(11-12-5-3-2-4-6-12)14(19)10-16-13(18)9-15;/h2-6H,7-11,15H2,1H3,(H,16,18);1H. The van der Waals surface area contributed by atoms with Crippen molar-refractivity contribution >= 4 is 24.2 Å². The molecule has 0 aromatic heterocycles. The molecule has 7 heteroatoms. The van der Waals surface area contributed by atoms with E-state index in [2.05, 4.69) is 5.32 Å². The molecule has 1 aromatic carbocycles. The molecule has 0 saturated heterocycles. The van der Waals surface area contributed by atoms with Crippen LogP contribution in [0.5, 0.6) is 0 Å². The molecule has 0 aliphatic heterocycles. The molecule has 0 aliphatic carbocycles. The van der Waals surface area contributed by atoms with Crippen molar-refractivity contribution < 1.29 is 14.3 Å². The van der Waals surface area contributed by atoms with Crippen LogP contribution in [0.3, 0.4) is 0 Å². The first kappa shape index (κ1) is 19.4. The zero-order valence-corrected chi connectivity index (χ0v) is 12.9. The Balaban J connectivity index is 0.00000400. The van der Waals surface area contributed by atoms with Crippen LogP contribution in [-0.4, -0.2) is 50.1 Å². The van der Waals surface area contributed by atoms with Crippen molar-refractivity contribution in [3.63, 3.8) is 0 Å². The van der Waals surface area contributed by atoms with E-state index in [4.69, 9.17) is 10.5 Å². The van der Waals surface area contributed by atoms with Gasteiger partial charge >= 0.3 is 0 Å². The average molecular weight is 316 g/mol. The van der Waals surface area contributed by atoms with Crippen LogP contribution in [0.25, 0.3) is 0 Å². The molecule has 2 amide bonds. The number of methoxy groups -OCH3 is 1. The lowest BCUT2D eigenvalue weighted by Gasteiger charge is -2.22. The number of hydrogen-bond acceptors (Lipinski definition) is 4. The van der Waals surface area contributed by atoms with E-state index in [1.54, 1.807) is 12.0 Å². The molecule has 3 N–H and O–H groups in total. The van der Waals surface area contributed by atoms with Crippen molar-refractivity contribution in [3.8, 4) is 0 Å². The highest BCUT2D eigenvalue weighted by Crippen LogP contribution is 2.04.